The predicted molar refractivity (Wildman–Crippen MR) is 126 cm³/mol. The van der Waals surface area contributed by atoms with Gasteiger partial charge in [-0.15, -0.1) is 11.6 Å². The van der Waals surface area contributed by atoms with Gasteiger partial charge in [0.15, 0.2) is 0 Å². The highest BCUT2D eigenvalue weighted by molar-refractivity contribution is 6.30. The minimum Gasteiger partial charge on any atom is -0.351 e. The van der Waals surface area contributed by atoms with E-state index in [1.165, 1.54) is 6.42 Å². The first-order valence-electron chi connectivity index (χ1n) is 10.9. The lowest BCUT2D eigenvalue weighted by Crippen LogP contribution is -2.46. The molecule has 31 heavy (non-hydrogen) atoms. The van der Waals surface area contributed by atoms with Gasteiger partial charge in [0, 0.05) is 29.9 Å². The van der Waals surface area contributed by atoms with Crippen LogP contribution >= 0.6 is 23.2 Å². The van der Waals surface area contributed by atoms with Crippen molar-refractivity contribution in [3.05, 3.63) is 70.2 Å². The van der Waals surface area contributed by atoms with Gasteiger partial charge in [0.05, 0.1) is 0 Å². The summed E-state index contributed by atoms with van der Waals surface area (Å²) in [6.45, 7) is 2.36. The molecule has 1 saturated carbocycles. The second-order valence-electron chi connectivity index (χ2n) is 8.24. The maximum atomic E-state index is 13.5. The summed E-state index contributed by atoms with van der Waals surface area (Å²) in [5.74, 6) is -0.0838. The lowest BCUT2D eigenvalue weighted by atomic mass is 9.94. The predicted octanol–water partition coefficient (Wildman–Crippen LogP) is 5.80. The lowest BCUT2D eigenvalue weighted by molar-refractivity contribution is -0.141. The Morgan fingerprint density at radius 2 is 1.68 bits per heavy atom. The third kappa shape index (κ3) is 6.72. The number of carbonyl (C=O) groups excluding carboxylic acids is 2. The number of hydrogen-bond acceptors (Lipinski definition) is 2. The number of nitrogens with zero attached hydrogens (tertiary/aromatic N) is 1. The van der Waals surface area contributed by atoms with Crippen molar-refractivity contribution in [1.82, 2.24) is 10.2 Å². The van der Waals surface area contributed by atoms with Crippen molar-refractivity contribution >= 4 is 35.0 Å². The zero-order valence-corrected chi connectivity index (χ0v) is 19.5. The molecule has 0 bridgehead atoms. The highest BCUT2D eigenvalue weighted by Crippen LogP contribution is 2.27. The Hall–Kier alpha value is -2.04. The standard InChI is InChI=1S/C25H30Cl2N2O2/c1-18-7-9-19(10-8-18)17-29(23(30)15-16-26)24(20-11-13-21(27)14-12-20)25(31)28-22-5-3-2-4-6-22/h7-14,22,24H,2-6,15-17H2,1H3,(H,28,31). The molecule has 0 aromatic heterocycles. The first-order valence-corrected chi connectivity index (χ1v) is 11.9. The van der Waals surface area contributed by atoms with E-state index in [1.807, 2.05) is 43.3 Å². The largest absolute Gasteiger partial charge is 0.351 e. The molecule has 0 saturated heterocycles. The molecule has 0 heterocycles. The summed E-state index contributed by atoms with van der Waals surface area (Å²) < 4.78 is 0. The van der Waals surface area contributed by atoms with Gasteiger partial charge in [-0.05, 0) is 43.0 Å². The topological polar surface area (TPSA) is 49.4 Å². The third-order valence-electron chi connectivity index (χ3n) is 5.80. The van der Waals surface area contributed by atoms with Crippen molar-refractivity contribution in [3.63, 3.8) is 0 Å². The average Bonchev–Trinajstić information content (AvgIpc) is 2.77. The fraction of sp³-hybridized carbons (Fsp3) is 0.440. The van der Waals surface area contributed by atoms with Gasteiger partial charge >= 0.3 is 0 Å². The Morgan fingerprint density at radius 3 is 2.29 bits per heavy atom. The van der Waals surface area contributed by atoms with Crippen LogP contribution in [0.4, 0.5) is 0 Å². The summed E-state index contributed by atoms with van der Waals surface area (Å²) in [6, 6.07) is 14.6. The van der Waals surface area contributed by atoms with Crippen LogP contribution in [0.25, 0.3) is 0 Å². The Balaban J connectivity index is 1.94. The highest BCUT2D eigenvalue weighted by Gasteiger charge is 2.32. The minimum absolute atomic E-state index is 0.144. The van der Waals surface area contributed by atoms with Crippen molar-refractivity contribution in [3.8, 4) is 0 Å². The van der Waals surface area contributed by atoms with Crippen LogP contribution in [0, 0.1) is 6.92 Å². The Bertz CT molecular complexity index is 862. The molecule has 1 aliphatic rings. The summed E-state index contributed by atoms with van der Waals surface area (Å²) in [5, 5.41) is 3.80. The van der Waals surface area contributed by atoms with Gasteiger partial charge in [-0.2, -0.15) is 0 Å². The summed E-state index contributed by atoms with van der Waals surface area (Å²) >= 11 is 12.0. The highest BCUT2D eigenvalue weighted by atomic mass is 35.5. The van der Waals surface area contributed by atoms with Crippen LogP contribution in [0.2, 0.25) is 5.02 Å². The van der Waals surface area contributed by atoms with Crippen LogP contribution in [0.15, 0.2) is 48.5 Å². The molecule has 0 spiro atoms. The first kappa shape index (κ1) is 23.6. The quantitative estimate of drug-likeness (QED) is 0.506. The number of halogens is 2. The molecular formula is C25H30Cl2N2O2. The number of carbonyl (C=O) groups is 2. The number of aryl methyl sites for hydroxylation is 1. The van der Waals surface area contributed by atoms with Crippen LogP contribution in [-0.2, 0) is 16.1 Å². The molecule has 6 heteroatoms. The summed E-state index contributed by atoms with van der Waals surface area (Å²) in [6.07, 6.45) is 5.58. The maximum Gasteiger partial charge on any atom is 0.247 e. The van der Waals surface area contributed by atoms with Gasteiger partial charge in [0.25, 0.3) is 0 Å². The normalized spacial score (nSPS) is 15.3. The van der Waals surface area contributed by atoms with Crippen LogP contribution in [-0.4, -0.2) is 28.6 Å². The van der Waals surface area contributed by atoms with E-state index in [4.69, 9.17) is 23.2 Å². The van der Waals surface area contributed by atoms with Crippen molar-refractivity contribution in [2.24, 2.45) is 0 Å². The Morgan fingerprint density at radius 1 is 1.03 bits per heavy atom. The fourth-order valence-corrected chi connectivity index (χ4v) is 4.37. The molecule has 1 N–H and O–H groups in total. The van der Waals surface area contributed by atoms with Gasteiger partial charge in [-0.3, -0.25) is 9.59 Å². The van der Waals surface area contributed by atoms with E-state index >= 15 is 0 Å². The van der Waals surface area contributed by atoms with Gasteiger partial charge in [0.2, 0.25) is 11.8 Å². The summed E-state index contributed by atoms with van der Waals surface area (Å²) in [4.78, 5) is 28.3. The molecule has 4 nitrogen and oxygen atoms in total. The zero-order chi connectivity index (χ0) is 22.2. The molecule has 0 radical (unpaired) electrons. The van der Waals surface area contributed by atoms with Crippen molar-refractivity contribution < 1.29 is 9.59 Å². The number of benzene rings is 2. The molecule has 1 unspecified atom stereocenters. The van der Waals surface area contributed by atoms with Crippen LogP contribution in [0.3, 0.4) is 0 Å². The van der Waals surface area contributed by atoms with Crippen molar-refractivity contribution in [1.29, 1.82) is 0 Å². The van der Waals surface area contributed by atoms with Crippen molar-refractivity contribution in [2.45, 2.75) is 64.1 Å². The van der Waals surface area contributed by atoms with Gasteiger partial charge in [-0.25, -0.2) is 0 Å². The average molecular weight is 461 g/mol. The summed E-state index contributed by atoms with van der Waals surface area (Å²) in [5.41, 5.74) is 2.86. The monoisotopic (exact) mass is 460 g/mol. The van der Waals surface area contributed by atoms with E-state index in [0.29, 0.717) is 11.6 Å². The van der Waals surface area contributed by atoms with Crippen LogP contribution in [0.1, 0.15) is 61.3 Å². The van der Waals surface area contributed by atoms with Crippen LogP contribution in [0.5, 0.6) is 0 Å². The minimum atomic E-state index is -0.740. The second-order valence-corrected chi connectivity index (χ2v) is 9.06. The molecule has 3 rings (SSSR count). The Labute approximate surface area is 194 Å². The maximum absolute atomic E-state index is 13.5. The Kier molecular flexibility index (Phi) is 8.79. The SMILES string of the molecule is Cc1ccc(CN(C(=O)CCCl)C(C(=O)NC2CCCCC2)c2ccc(Cl)cc2)cc1. The van der Waals surface area contributed by atoms with E-state index in [2.05, 4.69) is 5.32 Å². The first-order chi connectivity index (χ1) is 15.0. The molecule has 166 valence electrons. The summed E-state index contributed by atoms with van der Waals surface area (Å²) in [7, 11) is 0. The van der Waals surface area contributed by atoms with E-state index in [-0.39, 0.29) is 30.2 Å². The second kappa shape index (κ2) is 11.5. The van der Waals surface area contributed by atoms with E-state index in [0.717, 1.165) is 42.4 Å². The number of alkyl halides is 1. The van der Waals surface area contributed by atoms with E-state index in [1.54, 1.807) is 17.0 Å². The van der Waals surface area contributed by atoms with Crippen LogP contribution < -0.4 is 5.32 Å². The lowest BCUT2D eigenvalue weighted by Gasteiger charge is -2.33. The third-order valence-corrected chi connectivity index (χ3v) is 6.24. The van der Waals surface area contributed by atoms with E-state index < -0.39 is 6.04 Å². The van der Waals surface area contributed by atoms with Gasteiger partial charge in [0.1, 0.15) is 6.04 Å². The van der Waals surface area contributed by atoms with E-state index in [9.17, 15) is 9.59 Å². The molecule has 2 aromatic carbocycles. The molecule has 2 aromatic rings. The smallest absolute Gasteiger partial charge is 0.247 e. The molecular weight excluding hydrogens is 431 g/mol. The molecule has 1 fully saturated rings. The molecule has 1 atom stereocenters. The molecule has 1 aliphatic carbocycles. The van der Waals surface area contributed by atoms with Gasteiger partial charge < -0.3 is 10.2 Å². The number of amides is 2. The van der Waals surface area contributed by atoms with Gasteiger partial charge in [-0.1, -0.05) is 72.8 Å². The fourth-order valence-electron chi connectivity index (χ4n) is 4.08. The zero-order valence-electron chi connectivity index (χ0n) is 17.9. The number of hydrogen-bond donors (Lipinski definition) is 1. The molecule has 0 aliphatic heterocycles. The number of rotatable bonds is 8. The molecule has 2 amide bonds. The number of nitrogens with one attached hydrogen (secondary N) is 1. The van der Waals surface area contributed by atoms with Crippen molar-refractivity contribution in [2.75, 3.05) is 5.88 Å².